The number of benzene rings is 3. The number of rotatable bonds is 6. The van der Waals surface area contributed by atoms with E-state index in [1.165, 1.54) is 6.07 Å². The Labute approximate surface area is 166 Å². The summed E-state index contributed by atoms with van der Waals surface area (Å²) in [5, 5.41) is 3.30. The van der Waals surface area contributed by atoms with Crippen molar-refractivity contribution in [2.75, 3.05) is 0 Å². The van der Waals surface area contributed by atoms with E-state index in [4.69, 9.17) is 16.3 Å². The van der Waals surface area contributed by atoms with Crippen LogP contribution < -0.4 is 10.1 Å². The molecule has 144 valence electrons. The molecule has 0 unspecified atom stereocenters. The van der Waals surface area contributed by atoms with Crippen LogP contribution in [0.1, 0.15) is 34.5 Å². The van der Waals surface area contributed by atoms with Crippen LogP contribution >= 0.6 is 11.6 Å². The Balaban J connectivity index is 1.78. The molecule has 3 nitrogen and oxygen atoms in total. The van der Waals surface area contributed by atoms with Crippen LogP contribution in [0.2, 0.25) is 5.02 Å². The van der Waals surface area contributed by atoms with Crippen molar-refractivity contribution in [2.45, 2.75) is 19.6 Å². The van der Waals surface area contributed by atoms with E-state index in [0.29, 0.717) is 16.1 Å². The molecule has 0 aliphatic carbocycles. The molecule has 0 radical (unpaired) electrons. The third kappa shape index (κ3) is 4.87. The summed E-state index contributed by atoms with van der Waals surface area (Å²) in [4.78, 5) is 12.8. The fraction of sp³-hybridized carbons (Fsp3) is 0.136. The van der Waals surface area contributed by atoms with E-state index in [-0.39, 0.29) is 24.3 Å². The van der Waals surface area contributed by atoms with Gasteiger partial charge in [0.1, 0.15) is 12.4 Å². The van der Waals surface area contributed by atoms with E-state index in [1.807, 2.05) is 37.3 Å². The van der Waals surface area contributed by atoms with Crippen LogP contribution in [0.25, 0.3) is 0 Å². The lowest BCUT2D eigenvalue weighted by molar-refractivity contribution is 0.0937. The topological polar surface area (TPSA) is 38.3 Å². The molecule has 0 aliphatic rings. The smallest absolute Gasteiger partial charge is 0.252 e. The summed E-state index contributed by atoms with van der Waals surface area (Å²) in [6, 6.07) is 17.0. The van der Waals surface area contributed by atoms with Crippen LogP contribution in [0.5, 0.6) is 5.75 Å². The first-order valence-corrected chi connectivity index (χ1v) is 9.04. The predicted molar refractivity (Wildman–Crippen MR) is 104 cm³/mol. The second-order valence-corrected chi connectivity index (χ2v) is 6.71. The van der Waals surface area contributed by atoms with Crippen LogP contribution in [0.15, 0.2) is 66.7 Å². The average molecular weight is 402 g/mol. The highest BCUT2D eigenvalue weighted by Gasteiger charge is 2.16. The van der Waals surface area contributed by atoms with E-state index < -0.39 is 11.6 Å². The average Bonchev–Trinajstić information content (AvgIpc) is 2.70. The van der Waals surface area contributed by atoms with Crippen molar-refractivity contribution in [2.24, 2.45) is 0 Å². The molecule has 28 heavy (non-hydrogen) atoms. The Kier molecular flexibility index (Phi) is 6.26. The molecular weight excluding hydrogens is 384 g/mol. The van der Waals surface area contributed by atoms with Crippen LogP contribution in [-0.2, 0) is 6.61 Å². The minimum atomic E-state index is -0.681. The monoisotopic (exact) mass is 401 g/mol. The van der Waals surface area contributed by atoms with Gasteiger partial charge in [0.2, 0.25) is 0 Å². The number of carbonyl (C=O) groups excluding carboxylic acids is 1. The van der Waals surface area contributed by atoms with Gasteiger partial charge >= 0.3 is 0 Å². The fourth-order valence-corrected chi connectivity index (χ4v) is 2.90. The predicted octanol–water partition coefficient (Wildman–Crippen LogP) is 5.69. The molecule has 1 atom stereocenters. The lowest BCUT2D eigenvalue weighted by Gasteiger charge is -2.17. The third-order valence-electron chi connectivity index (χ3n) is 4.24. The second-order valence-electron chi connectivity index (χ2n) is 6.27. The number of amides is 1. The zero-order chi connectivity index (χ0) is 20.1. The third-order valence-corrected chi connectivity index (χ3v) is 4.48. The summed E-state index contributed by atoms with van der Waals surface area (Å²) in [6.07, 6.45) is 0. The summed E-state index contributed by atoms with van der Waals surface area (Å²) in [5.74, 6) is -1.85. The first-order valence-electron chi connectivity index (χ1n) is 8.66. The summed E-state index contributed by atoms with van der Waals surface area (Å²) in [5.41, 5.74) is 1.77. The molecule has 0 fully saturated rings. The number of halogens is 3. The van der Waals surface area contributed by atoms with Crippen molar-refractivity contribution in [3.8, 4) is 5.75 Å². The zero-order valence-corrected chi connectivity index (χ0v) is 15.8. The van der Waals surface area contributed by atoms with Crippen LogP contribution in [-0.4, -0.2) is 5.91 Å². The summed E-state index contributed by atoms with van der Waals surface area (Å²) in [6.45, 7) is 1.76. The van der Waals surface area contributed by atoms with Crippen molar-refractivity contribution >= 4 is 17.5 Å². The van der Waals surface area contributed by atoms with E-state index in [9.17, 15) is 13.6 Å². The molecular formula is C22H18ClF2NO2. The van der Waals surface area contributed by atoms with Gasteiger partial charge in [-0.25, -0.2) is 8.78 Å². The van der Waals surface area contributed by atoms with Crippen molar-refractivity contribution in [3.05, 3.63) is 100 Å². The van der Waals surface area contributed by atoms with Gasteiger partial charge in [0, 0.05) is 22.2 Å². The van der Waals surface area contributed by atoms with Crippen LogP contribution in [0, 0.1) is 11.6 Å². The van der Waals surface area contributed by atoms with E-state index in [2.05, 4.69) is 5.32 Å². The van der Waals surface area contributed by atoms with Gasteiger partial charge in [-0.1, -0.05) is 48.0 Å². The molecule has 0 spiro atoms. The highest BCUT2D eigenvalue weighted by Crippen LogP contribution is 2.23. The Morgan fingerprint density at radius 1 is 1.07 bits per heavy atom. The van der Waals surface area contributed by atoms with Crippen LogP contribution in [0.4, 0.5) is 8.78 Å². The molecule has 0 saturated heterocycles. The van der Waals surface area contributed by atoms with Gasteiger partial charge in [-0.15, -0.1) is 0 Å². The summed E-state index contributed by atoms with van der Waals surface area (Å²) >= 11 is 6.05. The number of nitrogens with one attached hydrogen (secondary N) is 1. The lowest BCUT2D eigenvalue weighted by Crippen LogP contribution is -2.27. The standard InChI is InChI=1S/C22H18ClF2NO2/c1-14(15-5-3-2-4-6-15)26-22(27)19-11-17(23)8-7-16(19)13-28-21-12-18(24)9-10-20(21)25/h2-12,14H,13H2,1H3,(H,26,27)/t14-/m0/s1. The van der Waals surface area contributed by atoms with Crippen molar-refractivity contribution < 1.29 is 18.3 Å². The molecule has 1 N–H and O–H groups in total. The molecule has 0 aromatic heterocycles. The summed E-state index contributed by atoms with van der Waals surface area (Å²) in [7, 11) is 0. The minimum absolute atomic E-state index is 0.111. The number of ether oxygens (including phenoxy) is 1. The molecule has 6 heteroatoms. The SMILES string of the molecule is C[C@H](NC(=O)c1cc(Cl)ccc1COc1cc(F)ccc1F)c1ccccc1. The maximum atomic E-state index is 13.8. The quantitative estimate of drug-likeness (QED) is 0.576. The van der Waals surface area contributed by atoms with Gasteiger partial charge in [-0.3, -0.25) is 4.79 Å². The molecule has 0 aliphatic heterocycles. The molecule has 3 aromatic rings. The van der Waals surface area contributed by atoms with Gasteiger partial charge in [-0.05, 0) is 36.8 Å². The zero-order valence-electron chi connectivity index (χ0n) is 15.1. The minimum Gasteiger partial charge on any atom is -0.486 e. The van der Waals surface area contributed by atoms with E-state index in [1.54, 1.807) is 12.1 Å². The van der Waals surface area contributed by atoms with Gasteiger partial charge in [0.05, 0.1) is 6.04 Å². The Hall–Kier alpha value is -2.92. The Bertz CT molecular complexity index is 980. The first-order chi connectivity index (χ1) is 13.4. The van der Waals surface area contributed by atoms with Gasteiger partial charge < -0.3 is 10.1 Å². The first kappa shape index (κ1) is 19.8. The maximum absolute atomic E-state index is 13.8. The Morgan fingerprint density at radius 3 is 2.57 bits per heavy atom. The van der Waals surface area contributed by atoms with Gasteiger partial charge in [0.25, 0.3) is 5.91 Å². The van der Waals surface area contributed by atoms with Crippen molar-refractivity contribution in [1.82, 2.24) is 5.32 Å². The molecule has 0 saturated carbocycles. The molecule has 3 rings (SSSR count). The Morgan fingerprint density at radius 2 is 1.82 bits per heavy atom. The summed E-state index contributed by atoms with van der Waals surface area (Å²) < 4.78 is 32.5. The molecule has 3 aromatic carbocycles. The fourth-order valence-electron chi connectivity index (χ4n) is 2.73. The van der Waals surface area contributed by atoms with Gasteiger partial charge in [0.15, 0.2) is 11.6 Å². The molecule has 1 amide bonds. The van der Waals surface area contributed by atoms with Crippen LogP contribution in [0.3, 0.4) is 0 Å². The number of hydrogen-bond donors (Lipinski definition) is 1. The largest absolute Gasteiger partial charge is 0.486 e. The highest BCUT2D eigenvalue weighted by molar-refractivity contribution is 6.31. The lowest BCUT2D eigenvalue weighted by atomic mass is 10.1. The normalized spacial score (nSPS) is 11.7. The van der Waals surface area contributed by atoms with E-state index in [0.717, 1.165) is 23.8 Å². The van der Waals surface area contributed by atoms with Gasteiger partial charge in [-0.2, -0.15) is 0 Å². The molecule has 0 heterocycles. The number of carbonyl (C=O) groups is 1. The highest BCUT2D eigenvalue weighted by atomic mass is 35.5. The van der Waals surface area contributed by atoms with E-state index >= 15 is 0 Å². The van der Waals surface area contributed by atoms with Crippen molar-refractivity contribution in [1.29, 1.82) is 0 Å². The maximum Gasteiger partial charge on any atom is 0.252 e. The number of hydrogen-bond acceptors (Lipinski definition) is 2. The van der Waals surface area contributed by atoms with Crippen molar-refractivity contribution in [3.63, 3.8) is 0 Å². The second kappa shape index (κ2) is 8.85. The molecule has 0 bridgehead atoms.